The predicted molar refractivity (Wildman–Crippen MR) is 65.8 cm³/mol. The maximum atomic E-state index is 11.6. The van der Waals surface area contributed by atoms with Gasteiger partial charge in [0.05, 0.1) is 0 Å². The van der Waals surface area contributed by atoms with E-state index in [0.717, 1.165) is 10.6 Å². The zero-order valence-electron chi connectivity index (χ0n) is 10.4. The van der Waals surface area contributed by atoms with Crippen LogP contribution in [0, 0.1) is 0 Å². The zero-order valence-corrected chi connectivity index (χ0v) is 10.4. The number of aromatic nitrogens is 2. The topological polar surface area (TPSA) is 121 Å². The number of carbonyl (C=O) groups is 2. The molecule has 0 spiro atoms. The summed E-state index contributed by atoms with van der Waals surface area (Å²) in [6, 6.07) is 0.131. The Bertz CT molecular complexity index is 574. The number of nitrogens with one attached hydrogen (secondary N) is 2. The minimum absolute atomic E-state index is 0.307. The number of aliphatic carboxylic acids is 1. The van der Waals surface area contributed by atoms with Crippen LogP contribution in [0.1, 0.15) is 19.8 Å². The zero-order chi connectivity index (χ0) is 14.4. The lowest BCUT2D eigenvalue weighted by atomic mass is 10.1. The average Bonchev–Trinajstić information content (AvgIpc) is 2.32. The quantitative estimate of drug-likeness (QED) is 0.605. The first-order chi connectivity index (χ1) is 8.93. The van der Waals surface area contributed by atoms with Crippen molar-refractivity contribution in [3.05, 3.63) is 33.1 Å². The fourth-order valence-corrected chi connectivity index (χ4v) is 1.51. The summed E-state index contributed by atoms with van der Waals surface area (Å²) in [5.74, 6) is -1.72. The van der Waals surface area contributed by atoms with E-state index in [0.29, 0.717) is 12.8 Å². The third kappa shape index (κ3) is 4.41. The predicted octanol–water partition coefficient (Wildman–Crippen LogP) is -1.09. The van der Waals surface area contributed by atoms with Gasteiger partial charge in [-0.15, -0.1) is 0 Å². The molecule has 0 saturated carbocycles. The Labute approximate surface area is 108 Å². The van der Waals surface area contributed by atoms with Crippen molar-refractivity contribution in [2.45, 2.75) is 32.4 Å². The molecule has 1 rings (SSSR count). The molecule has 3 N–H and O–H groups in total. The van der Waals surface area contributed by atoms with Gasteiger partial charge in [0.1, 0.15) is 12.6 Å². The molecule has 0 radical (unpaired) electrons. The molecule has 0 bridgehead atoms. The number of carboxylic acid groups (broad SMARTS) is 1. The third-order valence-electron chi connectivity index (χ3n) is 2.42. The fourth-order valence-electron chi connectivity index (χ4n) is 1.51. The van der Waals surface area contributed by atoms with Gasteiger partial charge >= 0.3 is 11.7 Å². The highest BCUT2D eigenvalue weighted by Crippen LogP contribution is 1.96. The SMILES string of the molecule is CCCC(NC(=O)Cn1ccc(=O)[nH]c1=O)C(=O)O. The van der Waals surface area contributed by atoms with Gasteiger partial charge in [0.2, 0.25) is 5.91 Å². The second-order valence-electron chi connectivity index (χ2n) is 3.99. The molecule has 19 heavy (non-hydrogen) atoms. The monoisotopic (exact) mass is 269 g/mol. The largest absolute Gasteiger partial charge is 0.480 e. The van der Waals surface area contributed by atoms with Crippen LogP contribution >= 0.6 is 0 Å². The first-order valence-corrected chi connectivity index (χ1v) is 5.76. The van der Waals surface area contributed by atoms with Crippen LogP contribution in [0.5, 0.6) is 0 Å². The maximum absolute atomic E-state index is 11.6. The van der Waals surface area contributed by atoms with Crippen LogP contribution in [0.4, 0.5) is 0 Å². The highest BCUT2D eigenvalue weighted by Gasteiger charge is 2.18. The first kappa shape index (κ1) is 14.7. The van der Waals surface area contributed by atoms with Gasteiger partial charge in [-0.05, 0) is 6.42 Å². The number of amides is 1. The van der Waals surface area contributed by atoms with Crippen molar-refractivity contribution in [1.29, 1.82) is 0 Å². The molecule has 104 valence electrons. The highest BCUT2D eigenvalue weighted by molar-refractivity contribution is 5.83. The van der Waals surface area contributed by atoms with E-state index in [2.05, 4.69) is 5.32 Å². The van der Waals surface area contributed by atoms with Gasteiger partial charge in [-0.1, -0.05) is 13.3 Å². The molecule has 1 atom stereocenters. The second kappa shape index (κ2) is 6.53. The minimum atomic E-state index is -1.12. The molecule has 1 unspecified atom stereocenters. The van der Waals surface area contributed by atoms with Crippen molar-refractivity contribution >= 4 is 11.9 Å². The summed E-state index contributed by atoms with van der Waals surface area (Å²) in [6.45, 7) is 1.46. The third-order valence-corrected chi connectivity index (χ3v) is 2.42. The summed E-state index contributed by atoms with van der Waals surface area (Å²) in [5, 5.41) is 11.2. The number of carbonyl (C=O) groups excluding carboxylic acids is 1. The summed E-state index contributed by atoms with van der Waals surface area (Å²) in [7, 11) is 0. The Morgan fingerprint density at radius 2 is 2.16 bits per heavy atom. The molecule has 1 amide bonds. The number of rotatable bonds is 6. The van der Waals surface area contributed by atoms with Crippen molar-refractivity contribution in [1.82, 2.24) is 14.9 Å². The summed E-state index contributed by atoms with van der Waals surface area (Å²) in [4.78, 5) is 46.6. The van der Waals surface area contributed by atoms with Crippen molar-refractivity contribution in [3.63, 3.8) is 0 Å². The number of H-pyrrole nitrogens is 1. The number of hydrogen-bond acceptors (Lipinski definition) is 4. The van der Waals surface area contributed by atoms with Gasteiger partial charge in [0, 0.05) is 12.3 Å². The van der Waals surface area contributed by atoms with Crippen molar-refractivity contribution in [2.24, 2.45) is 0 Å². The molecule has 8 heteroatoms. The molecule has 1 heterocycles. The van der Waals surface area contributed by atoms with Gasteiger partial charge in [-0.25, -0.2) is 9.59 Å². The molecule has 0 aliphatic rings. The number of aromatic amines is 1. The molecule has 1 aromatic rings. The molecular weight excluding hydrogens is 254 g/mol. The van der Waals surface area contributed by atoms with E-state index in [1.54, 1.807) is 6.92 Å². The van der Waals surface area contributed by atoms with E-state index in [1.807, 2.05) is 4.98 Å². The molecule has 0 aliphatic heterocycles. The number of hydrogen-bond donors (Lipinski definition) is 3. The van der Waals surface area contributed by atoms with E-state index in [1.165, 1.54) is 6.20 Å². The van der Waals surface area contributed by atoms with Gasteiger partial charge in [-0.3, -0.25) is 19.1 Å². The Balaban J connectivity index is 2.71. The molecule has 0 aliphatic carbocycles. The van der Waals surface area contributed by atoms with Crippen LogP contribution in [-0.4, -0.2) is 32.6 Å². The van der Waals surface area contributed by atoms with Crippen molar-refractivity contribution in [3.8, 4) is 0 Å². The van der Waals surface area contributed by atoms with Crippen molar-refractivity contribution in [2.75, 3.05) is 0 Å². The molecule has 0 aromatic carbocycles. The number of nitrogens with zero attached hydrogens (tertiary/aromatic N) is 1. The number of carboxylic acids is 1. The Kier molecular flexibility index (Phi) is 5.04. The van der Waals surface area contributed by atoms with Gasteiger partial charge < -0.3 is 10.4 Å². The normalized spacial score (nSPS) is 11.8. The smallest absolute Gasteiger partial charge is 0.328 e. The van der Waals surface area contributed by atoms with E-state index >= 15 is 0 Å². The Hall–Kier alpha value is -2.38. The van der Waals surface area contributed by atoms with Gasteiger partial charge in [-0.2, -0.15) is 0 Å². The van der Waals surface area contributed by atoms with E-state index in [4.69, 9.17) is 5.11 Å². The molecule has 0 saturated heterocycles. The van der Waals surface area contributed by atoms with Crippen LogP contribution < -0.4 is 16.6 Å². The molecule has 1 aromatic heterocycles. The van der Waals surface area contributed by atoms with Crippen LogP contribution in [0.3, 0.4) is 0 Å². The van der Waals surface area contributed by atoms with Crippen LogP contribution in [0.25, 0.3) is 0 Å². The molecular formula is C11H15N3O5. The molecule has 0 fully saturated rings. The Morgan fingerprint density at radius 1 is 1.47 bits per heavy atom. The summed E-state index contributed by atoms with van der Waals surface area (Å²) >= 11 is 0. The first-order valence-electron chi connectivity index (χ1n) is 5.76. The summed E-state index contributed by atoms with van der Waals surface area (Å²) in [6.07, 6.45) is 2.09. The van der Waals surface area contributed by atoms with Crippen molar-refractivity contribution < 1.29 is 14.7 Å². The lowest BCUT2D eigenvalue weighted by molar-refractivity contribution is -0.142. The second-order valence-corrected chi connectivity index (χ2v) is 3.99. The van der Waals surface area contributed by atoms with E-state index in [-0.39, 0.29) is 6.54 Å². The van der Waals surface area contributed by atoms with Crippen LogP contribution in [-0.2, 0) is 16.1 Å². The Morgan fingerprint density at radius 3 is 2.68 bits per heavy atom. The fraction of sp³-hybridized carbons (Fsp3) is 0.455. The van der Waals surface area contributed by atoms with Gasteiger partial charge in [0.25, 0.3) is 5.56 Å². The lowest BCUT2D eigenvalue weighted by Gasteiger charge is -2.13. The minimum Gasteiger partial charge on any atom is -0.480 e. The molecule has 8 nitrogen and oxygen atoms in total. The average molecular weight is 269 g/mol. The van der Waals surface area contributed by atoms with E-state index < -0.39 is 29.2 Å². The van der Waals surface area contributed by atoms with Gasteiger partial charge in [0.15, 0.2) is 0 Å². The maximum Gasteiger partial charge on any atom is 0.328 e. The lowest BCUT2D eigenvalue weighted by Crippen LogP contribution is -2.43. The van der Waals surface area contributed by atoms with E-state index in [9.17, 15) is 19.2 Å². The summed E-state index contributed by atoms with van der Waals surface area (Å²) < 4.78 is 0.988. The summed E-state index contributed by atoms with van der Waals surface area (Å²) in [5.41, 5.74) is -1.28. The highest BCUT2D eigenvalue weighted by atomic mass is 16.4. The van der Waals surface area contributed by atoms with Crippen LogP contribution in [0.2, 0.25) is 0 Å². The van der Waals surface area contributed by atoms with Crippen LogP contribution in [0.15, 0.2) is 21.9 Å². The standard InChI is InChI=1S/C11H15N3O5/c1-2-3-7(10(17)18)12-9(16)6-14-5-4-8(15)13-11(14)19/h4-5,7H,2-3,6H2,1H3,(H,12,16)(H,17,18)(H,13,15,19).